The molecular weight excluding hydrogens is 358 g/mol. The molecule has 2 aromatic rings. The van der Waals surface area contributed by atoms with Gasteiger partial charge in [-0.05, 0) is 40.2 Å². The average molecular weight is 364 g/mol. The van der Waals surface area contributed by atoms with Crippen molar-refractivity contribution in [3.05, 3.63) is 56.5 Å². The fourth-order valence-electron chi connectivity index (χ4n) is 1.40. The average Bonchev–Trinajstić information content (AvgIpc) is 2.34. The molecule has 1 amide bonds. The number of amides is 1. The molecule has 1 heterocycles. The first-order chi connectivity index (χ1) is 8.99. The molecule has 0 spiro atoms. The van der Waals surface area contributed by atoms with E-state index in [2.05, 4.69) is 26.2 Å². The van der Waals surface area contributed by atoms with Gasteiger partial charge < -0.3 is 5.32 Å². The predicted molar refractivity (Wildman–Crippen MR) is 76.3 cm³/mol. The van der Waals surface area contributed by atoms with Gasteiger partial charge >= 0.3 is 0 Å². The van der Waals surface area contributed by atoms with Crippen molar-refractivity contribution in [2.75, 3.05) is 5.32 Å². The van der Waals surface area contributed by atoms with E-state index in [1.165, 1.54) is 18.3 Å². The minimum absolute atomic E-state index is 0.0781. The molecule has 1 N–H and O–H groups in total. The van der Waals surface area contributed by atoms with Crippen LogP contribution in [0.5, 0.6) is 0 Å². The van der Waals surface area contributed by atoms with Crippen molar-refractivity contribution in [2.24, 2.45) is 0 Å². The molecule has 0 aliphatic heterocycles. The summed E-state index contributed by atoms with van der Waals surface area (Å²) in [7, 11) is 0. The van der Waals surface area contributed by atoms with Crippen LogP contribution >= 0.6 is 39.1 Å². The first kappa shape index (κ1) is 14.2. The van der Waals surface area contributed by atoms with Gasteiger partial charge in [0.25, 0.3) is 5.91 Å². The van der Waals surface area contributed by atoms with Gasteiger partial charge in [-0.1, -0.05) is 23.2 Å². The van der Waals surface area contributed by atoms with Crippen LogP contribution in [0.25, 0.3) is 0 Å². The number of aromatic nitrogens is 1. The molecule has 0 saturated carbocycles. The van der Waals surface area contributed by atoms with Crippen molar-refractivity contribution < 1.29 is 9.18 Å². The molecule has 3 nitrogen and oxygen atoms in total. The first-order valence-electron chi connectivity index (χ1n) is 5.05. The van der Waals surface area contributed by atoms with E-state index < -0.39 is 11.7 Å². The van der Waals surface area contributed by atoms with Gasteiger partial charge in [0, 0.05) is 10.7 Å². The van der Waals surface area contributed by atoms with Crippen molar-refractivity contribution in [2.45, 2.75) is 0 Å². The zero-order chi connectivity index (χ0) is 14.0. The fraction of sp³-hybridized carbons (Fsp3) is 0. The van der Waals surface area contributed by atoms with Gasteiger partial charge in [0.15, 0.2) is 0 Å². The third-order valence-corrected chi connectivity index (χ3v) is 3.47. The molecular formula is C12H6BrCl2FN2O. The second kappa shape index (κ2) is 5.86. The number of hydrogen-bond donors (Lipinski definition) is 1. The number of pyridine rings is 1. The Hall–Kier alpha value is -1.17. The van der Waals surface area contributed by atoms with E-state index in [9.17, 15) is 9.18 Å². The molecule has 98 valence electrons. The maximum atomic E-state index is 13.1. The van der Waals surface area contributed by atoms with E-state index in [1.54, 1.807) is 6.07 Å². The summed E-state index contributed by atoms with van der Waals surface area (Å²) in [4.78, 5) is 15.8. The van der Waals surface area contributed by atoms with Crippen molar-refractivity contribution in [3.63, 3.8) is 0 Å². The lowest BCUT2D eigenvalue weighted by Gasteiger charge is -2.10. The molecule has 0 aliphatic carbocycles. The second-order valence-electron chi connectivity index (χ2n) is 3.54. The standard InChI is InChI=1S/C12H6BrCl2FN2O/c13-8-4-6(16)5-9(14)10(8)18-12(19)7-2-1-3-17-11(7)15/h1-5H,(H,18,19). The number of nitrogens with one attached hydrogen (secondary N) is 1. The van der Waals surface area contributed by atoms with Crippen LogP contribution in [-0.2, 0) is 0 Å². The van der Waals surface area contributed by atoms with Gasteiger partial charge in [0.1, 0.15) is 11.0 Å². The number of halogens is 4. The van der Waals surface area contributed by atoms with E-state index in [4.69, 9.17) is 23.2 Å². The minimum Gasteiger partial charge on any atom is -0.320 e. The Morgan fingerprint density at radius 2 is 2.11 bits per heavy atom. The quantitative estimate of drug-likeness (QED) is 0.795. The summed E-state index contributed by atoms with van der Waals surface area (Å²) < 4.78 is 13.4. The number of hydrogen-bond acceptors (Lipinski definition) is 2. The van der Waals surface area contributed by atoms with E-state index in [0.717, 1.165) is 6.07 Å². The number of nitrogens with zero attached hydrogens (tertiary/aromatic N) is 1. The number of rotatable bonds is 2. The second-order valence-corrected chi connectivity index (χ2v) is 5.16. The maximum absolute atomic E-state index is 13.1. The third-order valence-electron chi connectivity index (χ3n) is 2.25. The third kappa shape index (κ3) is 3.23. The number of benzene rings is 1. The molecule has 1 aromatic heterocycles. The maximum Gasteiger partial charge on any atom is 0.258 e. The SMILES string of the molecule is O=C(Nc1c(Cl)cc(F)cc1Br)c1cccnc1Cl. The Morgan fingerprint density at radius 1 is 1.37 bits per heavy atom. The highest BCUT2D eigenvalue weighted by molar-refractivity contribution is 9.10. The summed E-state index contributed by atoms with van der Waals surface area (Å²) in [5, 5.41) is 2.72. The lowest BCUT2D eigenvalue weighted by atomic mass is 10.2. The number of carbonyl (C=O) groups is 1. The van der Waals surface area contributed by atoms with Gasteiger partial charge in [-0.2, -0.15) is 0 Å². The summed E-state index contributed by atoms with van der Waals surface area (Å²) in [5.74, 6) is -0.985. The smallest absolute Gasteiger partial charge is 0.258 e. The van der Waals surface area contributed by atoms with Crippen LogP contribution in [0.2, 0.25) is 10.2 Å². The highest BCUT2D eigenvalue weighted by Gasteiger charge is 2.15. The van der Waals surface area contributed by atoms with Crippen LogP contribution in [0.4, 0.5) is 10.1 Å². The van der Waals surface area contributed by atoms with Crippen LogP contribution in [0.15, 0.2) is 34.9 Å². The first-order valence-corrected chi connectivity index (χ1v) is 6.60. The van der Waals surface area contributed by atoms with E-state index in [-0.39, 0.29) is 21.4 Å². The van der Waals surface area contributed by atoms with Gasteiger partial charge in [-0.25, -0.2) is 9.37 Å². The fourth-order valence-corrected chi connectivity index (χ4v) is 2.50. The molecule has 0 aliphatic rings. The Morgan fingerprint density at radius 3 is 2.74 bits per heavy atom. The van der Waals surface area contributed by atoms with Crippen LogP contribution in [0, 0.1) is 5.82 Å². The molecule has 0 fully saturated rings. The van der Waals surface area contributed by atoms with Gasteiger partial charge in [0.2, 0.25) is 0 Å². The molecule has 0 bridgehead atoms. The van der Waals surface area contributed by atoms with E-state index in [1.807, 2.05) is 0 Å². The normalized spacial score (nSPS) is 10.3. The van der Waals surface area contributed by atoms with Gasteiger partial charge in [0.05, 0.1) is 16.3 Å². The summed E-state index contributed by atoms with van der Waals surface area (Å²) in [6.07, 6.45) is 1.47. The van der Waals surface area contributed by atoms with Gasteiger partial charge in [-0.15, -0.1) is 0 Å². The number of anilines is 1. The Balaban J connectivity index is 2.32. The highest BCUT2D eigenvalue weighted by Crippen LogP contribution is 2.32. The Labute approximate surface area is 126 Å². The van der Waals surface area contributed by atoms with Crippen LogP contribution in [0.1, 0.15) is 10.4 Å². The molecule has 0 saturated heterocycles. The molecule has 7 heteroatoms. The zero-order valence-electron chi connectivity index (χ0n) is 9.25. The van der Waals surface area contributed by atoms with Crippen molar-refractivity contribution in [1.82, 2.24) is 4.98 Å². The Kier molecular flexibility index (Phi) is 4.39. The van der Waals surface area contributed by atoms with Crippen molar-refractivity contribution in [1.29, 1.82) is 0 Å². The van der Waals surface area contributed by atoms with Crippen LogP contribution in [0.3, 0.4) is 0 Å². The summed E-state index contributed by atoms with van der Waals surface area (Å²) >= 11 is 14.8. The lowest BCUT2D eigenvalue weighted by molar-refractivity contribution is 0.102. The molecule has 2 rings (SSSR count). The minimum atomic E-state index is -0.505. The van der Waals surface area contributed by atoms with Crippen molar-refractivity contribution in [3.8, 4) is 0 Å². The van der Waals surface area contributed by atoms with Crippen molar-refractivity contribution >= 4 is 50.7 Å². The summed E-state index contributed by atoms with van der Waals surface area (Å²) in [6.45, 7) is 0. The number of carbonyl (C=O) groups excluding carboxylic acids is 1. The highest BCUT2D eigenvalue weighted by atomic mass is 79.9. The summed E-state index contributed by atoms with van der Waals surface area (Å²) in [5.41, 5.74) is 0.476. The molecule has 0 unspecified atom stereocenters. The topological polar surface area (TPSA) is 42.0 Å². The lowest BCUT2D eigenvalue weighted by Crippen LogP contribution is -2.13. The molecule has 0 radical (unpaired) electrons. The van der Waals surface area contributed by atoms with Crippen LogP contribution in [-0.4, -0.2) is 10.9 Å². The largest absolute Gasteiger partial charge is 0.320 e. The summed E-state index contributed by atoms with van der Waals surface area (Å²) in [6, 6.07) is 5.41. The van der Waals surface area contributed by atoms with Gasteiger partial charge in [-0.3, -0.25) is 4.79 Å². The molecule has 0 atom stereocenters. The zero-order valence-corrected chi connectivity index (χ0v) is 12.4. The Bertz CT molecular complexity index is 628. The predicted octanol–water partition coefficient (Wildman–Crippen LogP) is 4.54. The van der Waals surface area contributed by atoms with E-state index in [0.29, 0.717) is 4.47 Å². The molecule has 19 heavy (non-hydrogen) atoms. The van der Waals surface area contributed by atoms with E-state index >= 15 is 0 Å². The molecule has 1 aromatic carbocycles. The monoisotopic (exact) mass is 362 g/mol. The van der Waals surface area contributed by atoms with Crippen LogP contribution < -0.4 is 5.32 Å².